The predicted octanol–water partition coefficient (Wildman–Crippen LogP) is 0.387. The molecule has 0 saturated carbocycles. The van der Waals surface area contributed by atoms with Crippen LogP contribution in [-0.2, 0) is 0 Å². The van der Waals surface area contributed by atoms with Crippen molar-refractivity contribution in [1.82, 2.24) is 14.4 Å². The molecule has 0 aromatic carbocycles. The summed E-state index contributed by atoms with van der Waals surface area (Å²) >= 11 is 5.97. The third-order valence-electron chi connectivity index (χ3n) is 2.66. The molecule has 6 heteroatoms. The molecule has 0 N–H and O–H groups in total. The molecule has 0 amide bonds. The second kappa shape index (κ2) is 3.13. The minimum atomic E-state index is 0.397. The Kier molecular flexibility index (Phi) is 1.89. The zero-order chi connectivity index (χ0) is 10.4. The summed E-state index contributed by atoms with van der Waals surface area (Å²) in [5.41, 5.74) is 1.14. The van der Waals surface area contributed by atoms with Crippen molar-refractivity contribution in [2.45, 2.75) is 6.42 Å². The number of aromatic nitrogens is 3. The number of imidazole rings is 1. The Morgan fingerprint density at radius 3 is 2.87 bits per heavy atom. The van der Waals surface area contributed by atoms with Crippen molar-refractivity contribution in [2.75, 3.05) is 18.0 Å². The summed E-state index contributed by atoms with van der Waals surface area (Å²) in [5, 5.41) is 0.397. The molecular formula is C9H8BClN4. The van der Waals surface area contributed by atoms with Gasteiger partial charge in [-0.2, -0.15) is 0 Å². The second-order valence-electron chi connectivity index (χ2n) is 3.57. The van der Waals surface area contributed by atoms with Crippen molar-refractivity contribution < 1.29 is 0 Å². The highest BCUT2D eigenvalue weighted by molar-refractivity contribution is 6.41. The Morgan fingerprint density at radius 2 is 2.20 bits per heavy atom. The first-order valence-electron chi connectivity index (χ1n) is 4.80. The Bertz CT molecular complexity index is 520. The minimum Gasteiger partial charge on any atom is -0.342 e. The van der Waals surface area contributed by atoms with Crippen LogP contribution in [0.4, 0.5) is 5.95 Å². The average molecular weight is 218 g/mol. The van der Waals surface area contributed by atoms with E-state index in [4.69, 9.17) is 19.4 Å². The minimum absolute atomic E-state index is 0.397. The van der Waals surface area contributed by atoms with Crippen LogP contribution >= 0.6 is 11.6 Å². The van der Waals surface area contributed by atoms with E-state index < -0.39 is 0 Å². The molecule has 0 aliphatic carbocycles. The van der Waals surface area contributed by atoms with Gasteiger partial charge in [0.25, 0.3) is 0 Å². The van der Waals surface area contributed by atoms with Crippen LogP contribution in [0.1, 0.15) is 6.42 Å². The van der Waals surface area contributed by atoms with Crippen LogP contribution in [0.15, 0.2) is 12.4 Å². The number of anilines is 1. The quantitative estimate of drug-likeness (QED) is 0.649. The zero-order valence-electron chi connectivity index (χ0n) is 8.02. The van der Waals surface area contributed by atoms with Crippen LogP contribution < -0.4 is 10.5 Å². The van der Waals surface area contributed by atoms with Gasteiger partial charge in [-0.1, -0.05) is 11.6 Å². The maximum Gasteiger partial charge on any atom is 0.209 e. The SMILES string of the molecule is [B]c1nc(N2CCC2)n2ccnc(Cl)c12. The summed E-state index contributed by atoms with van der Waals surface area (Å²) in [5.74, 6) is 0.859. The van der Waals surface area contributed by atoms with Crippen LogP contribution in [0.5, 0.6) is 0 Å². The Labute approximate surface area is 93.3 Å². The lowest BCUT2D eigenvalue weighted by Gasteiger charge is -2.31. The fourth-order valence-corrected chi connectivity index (χ4v) is 1.99. The number of halogens is 1. The van der Waals surface area contributed by atoms with E-state index in [2.05, 4.69) is 14.9 Å². The molecule has 74 valence electrons. The zero-order valence-corrected chi connectivity index (χ0v) is 8.78. The number of hydrogen-bond acceptors (Lipinski definition) is 3. The molecule has 1 fully saturated rings. The summed E-state index contributed by atoms with van der Waals surface area (Å²) in [4.78, 5) is 10.5. The first-order valence-corrected chi connectivity index (χ1v) is 5.18. The first-order chi connectivity index (χ1) is 7.27. The number of rotatable bonds is 1. The van der Waals surface area contributed by atoms with E-state index in [9.17, 15) is 0 Å². The molecule has 1 saturated heterocycles. The Balaban J connectivity index is 2.27. The molecule has 0 spiro atoms. The fraction of sp³-hybridized carbons (Fsp3) is 0.333. The normalized spacial score (nSPS) is 15.7. The van der Waals surface area contributed by atoms with E-state index >= 15 is 0 Å². The van der Waals surface area contributed by atoms with Crippen molar-refractivity contribution in [3.05, 3.63) is 17.5 Å². The maximum absolute atomic E-state index is 5.97. The molecule has 3 heterocycles. The van der Waals surface area contributed by atoms with Gasteiger partial charge in [0.15, 0.2) is 5.15 Å². The van der Waals surface area contributed by atoms with Crippen LogP contribution in [-0.4, -0.2) is 35.3 Å². The van der Waals surface area contributed by atoms with E-state index in [1.807, 2.05) is 10.6 Å². The number of nitrogens with zero attached hydrogens (tertiary/aromatic N) is 4. The molecule has 4 nitrogen and oxygen atoms in total. The molecule has 1 aliphatic rings. The lowest BCUT2D eigenvalue weighted by molar-refractivity contribution is 0.599. The molecular weight excluding hydrogens is 210 g/mol. The van der Waals surface area contributed by atoms with Gasteiger partial charge in [0, 0.05) is 31.1 Å². The number of fused-ring (bicyclic) bond motifs is 1. The van der Waals surface area contributed by atoms with Crippen molar-refractivity contribution in [1.29, 1.82) is 0 Å². The molecule has 1 aliphatic heterocycles. The van der Waals surface area contributed by atoms with Crippen LogP contribution in [0.2, 0.25) is 5.15 Å². The molecule has 2 aromatic heterocycles. The van der Waals surface area contributed by atoms with Gasteiger partial charge in [0.05, 0.1) is 5.52 Å². The first kappa shape index (κ1) is 9.03. The highest BCUT2D eigenvalue weighted by atomic mass is 35.5. The smallest absolute Gasteiger partial charge is 0.209 e. The molecule has 15 heavy (non-hydrogen) atoms. The van der Waals surface area contributed by atoms with Gasteiger partial charge < -0.3 is 4.90 Å². The van der Waals surface area contributed by atoms with E-state index in [1.165, 1.54) is 6.42 Å². The lowest BCUT2D eigenvalue weighted by Crippen LogP contribution is -2.38. The third-order valence-corrected chi connectivity index (χ3v) is 2.93. The number of hydrogen-bond donors (Lipinski definition) is 0. The topological polar surface area (TPSA) is 33.4 Å². The highest BCUT2D eigenvalue weighted by Gasteiger charge is 2.21. The van der Waals surface area contributed by atoms with Crippen LogP contribution in [0.25, 0.3) is 5.52 Å². The Hall–Kier alpha value is -1.23. The van der Waals surface area contributed by atoms with Gasteiger partial charge in [0.1, 0.15) is 7.85 Å². The van der Waals surface area contributed by atoms with Gasteiger partial charge in [-0.05, 0) is 6.42 Å². The third kappa shape index (κ3) is 1.23. The molecule has 3 rings (SSSR count). The van der Waals surface area contributed by atoms with Crippen molar-refractivity contribution in [3.8, 4) is 0 Å². The maximum atomic E-state index is 5.97. The molecule has 0 unspecified atom stereocenters. The molecule has 2 aromatic rings. The van der Waals surface area contributed by atoms with Crippen LogP contribution in [0, 0.1) is 0 Å². The van der Waals surface area contributed by atoms with Gasteiger partial charge in [-0.15, -0.1) is 0 Å². The van der Waals surface area contributed by atoms with Crippen molar-refractivity contribution >= 4 is 36.5 Å². The molecule has 2 radical (unpaired) electrons. The van der Waals surface area contributed by atoms with Gasteiger partial charge in [-0.25, -0.2) is 9.97 Å². The van der Waals surface area contributed by atoms with Crippen molar-refractivity contribution in [3.63, 3.8) is 0 Å². The van der Waals surface area contributed by atoms with E-state index in [0.29, 0.717) is 16.3 Å². The lowest BCUT2D eigenvalue weighted by atomic mass is 10.0. The summed E-state index contributed by atoms with van der Waals surface area (Å²) in [6.07, 6.45) is 4.69. The van der Waals surface area contributed by atoms with E-state index in [0.717, 1.165) is 19.0 Å². The van der Waals surface area contributed by atoms with Gasteiger partial charge >= 0.3 is 0 Å². The highest BCUT2D eigenvalue weighted by Crippen LogP contribution is 2.21. The average Bonchev–Trinajstić information content (AvgIpc) is 2.43. The largest absolute Gasteiger partial charge is 0.342 e. The standard InChI is InChI=1S/C9H8BClN4/c10-7-6-8(11)12-2-5-15(6)9(13-7)14-3-1-4-14/h2,5H,1,3-4H2. The summed E-state index contributed by atoms with van der Waals surface area (Å²) in [6, 6.07) is 0. The summed E-state index contributed by atoms with van der Waals surface area (Å²) in [6.45, 7) is 2.05. The fourth-order valence-electron chi connectivity index (χ4n) is 1.75. The molecule has 0 atom stereocenters. The van der Waals surface area contributed by atoms with E-state index in [1.54, 1.807) is 6.20 Å². The predicted molar refractivity (Wildman–Crippen MR) is 60.2 cm³/mol. The van der Waals surface area contributed by atoms with Gasteiger partial charge in [-0.3, -0.25) is 4.40 Å². The monoisotopic (exact) mass is 218 g/mol. The van der Waals surface area contributed by atoms with Crippen LogP contribution in [0.3, 0.4) is 0 Å². The van der Waals surface area contributed by atoms with E-state index in [-0.39, 0.29) is 0 Å². The van der Waals surface area contributed by atoms with Crippen molar-refractivity contribution in [2.24, 2.45) is 0 Å². The second-order valence-corrected chi connectivity index (χ2v) is 3.93. The summed E-state index contributed by atoms with van der Waals surface area (Å²) < 4.78 is 1.89. The molecule has 0 bridgehead atoms. The summed E-state index contributed by atoms with van der Waals surface area (Å²) in [7, 11) is 5.81. The van der Waals surface area contributed by atoms with Gasteiger partial charge in [0.2, 0.25) is 5.95 Å². The Morgan fingerprint density at radius 1 is 1.40 bits per heavy atom.